The largest absolute Gasteiger partial charge is 0.196 e. The van der Waals surface area contributed by atoms with Crippen molar-refractivity contribution in [2.24, 2.45) is 10.2 Å². The Balaban J connectivity index is 4.05. The summed E-state index contributed by atoms with van der Waals surface area (Å²) in [5.74, 6) is 0. The summed E-state index contributed by atoms with van der Waals surface area (Å²) in [6, 6.07) is 3.18. The van der Waals surface area contributed by atoms with Crippen LogP contribution < -0.4 is 0 Å². The maximum absolute atomic E-state index is 8.50. The van der Waals surface area contributed by atoms with E-state index in [2.05, 4.69) is 10.2 Å². The van der Waals surface area contributed by atoms with Gasteiger partial charge in [-0.05, 0) is 12.8 Å². The number of nitriles is 2. The van der Waals surface area contributed by atoms with Crippen molar-refractivity contribution in [1.82, 2.24) is 0 Å². The molecule has 0 aliphatic rings. The first-order chi connectivity index (χ1) is 5.78. The van der Waals surface area contributed by atoms with Gasteiger partial charge in [-0.3, -0.25) is 0 Å². The summed E-state index contributed by atoms with van der Waals surface area (Å²) in [7, 11) is 0. The summed E-state index contributed by atoms with van der Waals surface area (Å²) in [6.07, 6.45) is 1.28. The van der Waals surface area contributed by atoms with E-state index in [1.165, 1.54) is 0 Å². The average molecular weight is 164 g/mol. The average Bonchev–Trinajstić information content (AvgIpc) is 2.13. The van der Waals surface area contributed by atoms with Crippen molar-refractivity contribution in [3.8, 4) is 12.1 Å². The second-order valence-electron chi connectivity index (χ2n) is 2.34. The summed E-state index contributed by atoms with van der Waals surface area (Å²) in [6.45, 7) is 3.72. The van der Waals surface area contributed by atoms with Gasteiger partial charge in [0.05, 0.1) is 12.1 Å². The van der Waals surface area contributed by atoms with Crippen LogP contribution in [0.25, 0.3) is 0 Å². The van der Waals surface area contributed by atoms with E-state index in [0.717, 1.165) is 0 Å². The van der Waals surface area contributed by atoms with E-state index < -0.39 is 12.1 Å². The maximum atomic E-state index is 8.50. The molecular formula is C8H12N4. The second kappa shape index (κ2) is 6.30. The summed E-state index contributed by atoms with van der Waals surface area (Å²) in [4.78, 5) is 0. The van der Waals surface area contributed by atoms with Crippen LogP contribution in [0.4, 0.5) is 0 Å². The van der Waals surface area contributed by atoms with Gasteiger partial charge in [0.15, 0.2) is 12.1 Å². The highest BCUT2D eigenvalue weighted by molar-refractivity contribution is 4.91. The van der Waals surface area contributed by atoms with Crippen LogP contribution in [0.5, 0.6) is 0 Å². The second-order valence-corrected chi connectivity index (χ2v) is 2.34. The minimum Gasteiger partial charge on any atom is -0.196 e. The Morgan fingerprint density at radius 1 is 1.00 bits per heavy atom. The van der Waals surface area contributed by atoms with Gasteiger partial charge in [0, 0.05) is 0 Å². The van der Waals surface area contributed by atoms with Crippen LogP contribution in [0, 0.1) is 22.7 Å². The molecule has 0 saturated heterocycles. The van der Waals surface area contributed by atoms with Crippen LogP contribution in [-0.4, -0.2) is 12.1 Å². The van der Waals surface area contributed by atoms with Gasteiger partial charge in [0.1, 0.15) is 0 Å². The molecule has 0 spiro atoms. The molecular weight excluding hydrogens is 152 g/mol. The highest BCUT2D eigenvalue weighted by Crippen LogP contribution is 2.01. The number of nitrogens with zero attached hydrogens (tertiary/aromatic N) is 4. The number of azo groups is 1. The fourth-order valence-electron chi connectivity index (χ4n) is 0.558. The lowest BCUT2D eigenvalue weighted by molar-refractivity contribution is 0.667. The molecule has 0 aliphatic carbocycles. The van der Waals surface area contributed by atoms with Crippen LogP contribution in [0.1, 0.15) is 26.7 Å². The molecule has 12 heavy (non-hydrogen) atoms. The molecule has 0 aromatic rings. The van der Waals surface area contributed by atoms with Gasteiger partial charge in [-0.15, -0.1) is 0 Å². The van der Waals surface area contributed by atoms with Gasteiger partial charge in [-0.2, -0.15) is 20.8 Å². The van der Waals surface area contributed by atoms with Gasteiger partial charge in [-0.1, -0.05) is 13.8 Å². The summed E-state index contributed by atoms with van der Waals surface area (Å²) in [5.41, 5.74) is 0. The third-order valence-corrected chi connectivity index (χ3v) is 1.42. The Kier molecular flexibility index (Phi) is 5.55. The smallest absolute Gasteiger partial charge is 0.157 e. The zero-order valence-corrected chi connectivity index (χ0v) is 7.36. The third kappa shape index (κ3) is 3.68. The van der Waals surface area contributed by atoms with Gasteiger partial charge >= 0.3 is 0 Å². The molecule has 0 aromatic carbocycles. The fraction of sp³-hybridized carbons (Fsp3) is 0.750. The molecule has 0 unspecified atom stereocenters. The van der Waals surface area contributed by atoms with Gasteiger partial charge in [0.25, 0.3) is 0 Å². The maximum Gasteiger partial charge on any atom is 0.157 e. The summed E-state index contributed by atoms with van der Waals surface area (Å²) >= 11 is 0. The highest BCUT2D eigenvalue weighted by atomic mass is 15.1. The van der Waals surface area contributed by atoms with Crippen LogP contribution >= 0.6 is 0 Å². The number of hydrogen-bond donors (Lipinski definition) is 0. The monoisotopic (exact) mass is 164 g/mol. The SMILES string of the molecule is CC[C@@H](C#N)N=N[C@@H](C#N)CC. The van der Waals surface area contributed by atoms with Crippen molar-refractivity contribution in [2.75, 3.05) is 0 Å². The zero-order valence-electron chi connectivity index (χ0n) is 7.36. The van der Waals surface area contributed by atoms with Gasteiger partial charge in [0.2, 0.25) is 0 Å². The lowest BCUT2D eigenvalue weighted by atomic mass is 10.2. The molecule has 0 radical (unpaired) electrons. The highest BCUT2D eigenvalue weighted by Gasteiger charge is 2.03. The topological polar surface area (TPSA) is 72.3 Å². The van der Waals surface area contributed by atoms with E-state index in [1.54, 1.807) is 0 Å². The van der Waals surface area contributed by atoms with Crippen molar-refractivity contribution in [3.63, 3.8) is 0 Å². The van der Waals surface area contributed by atoms with E-state index in [9.17, 15) is 0 Å². The van der Waals surface area contributed by atoms with Crippen molar-refractivity contribution in [1.29, 1.82) is 10.5 Å². The van der Waals surface area contributed by atoms with E-state index in [4.69, 9.17) is 10.5 Å². The first kappa shape index (κ1) is 10.6. The first-order valence-corrected chi connectivity index (χ1v) is 3.97. The molecule has 0 aliphatic heterocycles. The zero-order chi connectivity index (χ0) is 9.40. The Labute approximate surface area is 72.5 Å². The molecule has 0 fully saturated rings. The normalized spacial score (nSPS) is 15.0. The van der Waals surface area contributed by atoms with E-state index in [1.807, 2.05) is 26.0 Å². The van der Waals surface area contributed by atoms with E-state index in [-0.39, 0.29) is 0 Å². The molecule has 4 heteroatoms. The lowest BCUT2D eigenvalue weighted by Gasteiger charge is -1.98. The Morgan fingerprint density at radius 2 is 1.33 bits per heavy atom. The van der Waals surface area contributed by atoms with Gasteiger partial charge in [-0.25, -0.2) is 0 Å². The van der Waals surface area contributed by atoms with Crippen molar-refractivity contribution >= 4 is 0 Å². The van der Waals surface area contributed by atoms with Crippen molar-refractivity contribution in [2.45, 2.75) is 38.8 Å². The van der Waals surface area contributed by atoms with Gasteiger partial charge < -0.3 is 0 Å². The molecule has 0 saturated carbocycles. The third-order valence-electron chi connectivity index (χ3n) is 1.42. The molecule has 0 aromatic heterocycles. The molecule has 2 atom stereocenters. The standard InChI is InChI=1S/C8H12N4/c1-3-7(5-9)11-12-8(4-2)6-10/h7-8H,3-4H2,1-2H3/t7-,8+. The number of rotatable bonds is 4. The minimum atomic E-state index is -0.396. The molecule has 0 heterocycles. The Hall–Kier alpha value is -1.42. The van der Waals surface area contributed by atoms with E-state index in [0.29, 0.717) is 12.8 Å². The first-order valence-electron chi connectivity index (χ1n) is 3.97. The molecule has 4 nitrogen and oxygen atoms in total. The quantitative estimate of drug-likeness (QED) is 0.596. The van der Waals surface area contributed by atoms with E-state index >= 15 is 0 Å². The summed E-state index contributed by atoms with van der Waals surface area (Å²) < 4.78 is 0. The van der Waals surface area contributed by atoms with Crippen LogP contribution in [0.3, 0.4) is 0 Å². The van der Waals surface area contributed by atoms with Crippen molar-refractivity contribution < 1.29 is 0 Å². The Morgan fingerprint density at radius 3 is 1.50 bits per heavy atom. The van der Waals surface area contributed by atoms with Crippen molar-refractivity contribution in [3.05, 3.63) is 0 Å². The van der Waals surface area contributed by atoms with Crippen LogP contribution in [0.2, 0.25) is 0 Å². The summed E-state index contributed by atoms with van der Waals surface area (Å²) in [5, 5.41) is 24.5. The molecule has 64 valence electrons. The predicted octanol–water partition coefficient (Wildman–Crippen LogP) is 2.04. The van der Waals surface area contributed by atoms with Crippen LogP contribution in [0.15, 0.2) is 10.2 Å². The van der Waals surface area contributed by atoms with Crippen LogP contribution in [-0.2, 0) is 0 Å². The minimum absolute atomic E-state index is 0.396. The molecule has 0 N–H and O–H groups in total. The Bertz CT molecular complexity index is 196. The molecule has 0 bridgehead atoms. The number of hydrogen-bond acceptors (Lipinski definition) is 4. The lowest BCUT2D eigenvalue weighted by Crippen LogP contribution is -2.01. The molecule has 0 rings (SSSR count). The fourth-order valence-corrected chi connectivity index (χ4v) is 0.558. The predicted molar refractivity (Wildman–Crippen MR) is 44.2 cm³/mol. The molecule has 0 amide bonds.